The van der Waals surface area contributed by atoms with Gasteiger partial charge in [0.15, 0.2) is 0 Å². The largest absolute Gasteiger partial charge is 0.507 e. The van der Waals surface area contributed by atoms with Crippen molar-refractivity contribution in [3.63, 3.8) is 0 Å². The lowest BCUT2D eigenvalue weighted by atomic mass is 10.1. The van der Waals surface area contributed by atoms with Crippen LogP contribution in [-0.2, 0) is 4.79 Å². The molecule has 0 atom stereocenters. The number of carboxylic acids is 1. The van der Waals surface area contributed by atoms with Crippen LogP contribution >= 0.6 is 11.8 Å². The predicted octanol–water partition coefficient (Wildman–Crippen LogP) is 2.67. The third-order valence-electron chi connectivity index (χ3n) is 3.60. The molecule has 3 rings (SSSR count). The SMILES string of the molecule is O=C1NC(=O)/C(=C\c2ccc(C(=O)Nc3ccc(O)c(C(=O)O)c3)cc2)S1. The summed E-state index contributed by atoms with van der Waals surface area (Å²) >= 11 is 0.799. The normalized spacial score (nSPS) is 14.9. The maximum atomic E-state index is 12.3. The third-order valence-corrected chi connectivity index (χ3v) is 4.41. The number of anilines is 1. The van der Waals surface area contributed by atoms with Gasteiger partial charge in [-0.2, -0.15) is 0 Å². The molecule has 1 aliphatic heterocycles. The first-order valence-corrected chi connectivity index (χ1v) is 8.38. The van der Waals surface area contributed by atoms with Crippen molar-refractivity contribution in [3.05, 3.63) is 64.1 Å². The van der Waals surface area contributed by atoms with Crippen LogP contribution in [0.2, 0.25) is 0 Å². The number of hydrogen-bond acceptors (Lipinski definition) is 6. The summed E-state index contributed by atoms with van der Waals surface area (Å²) in [5.41, 5.74) is 0.842. The van der Waals surface area contributed by atoms with Gasteiger partial charge in [0.2, 0.25) is 0 Å². The molecule has 8 nitrogen and oxygen atoms in total. The second-order valence-corrected chi connectivity index (χ2v) is 6.48. The van der Waals surface area contributed by atoms with Crippen LogP contribution in [-0.4, -0.2) is 33.2 Å². The minimum atomic E-state index is -1.31. The lowest BCUT2D eigenvalue weighted by molar-refractivity contribution is -0.115. The fraction of sp³-hybridized carbons (Fsp3) is 0. The summed E-state index contributed by atoms with van der Waals surface area (Å²) in [4.78, 5) is 46.2. The molecule has 0 saturated carbocycles. The van der Waals surface area contributed by atoms with Crippen molar-refractivity contribution in [2.24, 2.45) is 0 Å². The van der Waals surface area contributed by atoms with Crippen molar-refractivity contribution >= 4 is 46.5 Å². The average Bonchev–Trinajstić information content (AvgIpc) is 2.94. The monoisotopic (exact) mass is 384 g/mol. The number of amides is 3. The Morgan fingerprint density at radius 1 is 1.07 bits per heavy atom. The lowest BCUT2D eigenvalue weighted by Gasteiger charge is -2.07. The van der Waals surface area contributed by atoms with Crippen molar-refractivity contribution in [1.29, 1.82) is 0 Å². The van der Waals surface area contributed by atoms with Crippen LogP contribution in [0.3, 0.4) is 0 Å². The number of nitrogens with one attached hydrogen (secondary N) is 2. The Kier molecular flexibility index (Phi) is 4.95. The number of hydrogen-bond donors (Lipinski definition) is 4. The maximum Gasteiger partial charge on any atom is 0.339 e. The van der Waals surface area contributed by atoms with Crippen LogP contribution < -0.4 is 10.6 Å². The average molecular weight is 384 g/mol. The number of carbonyl (C=O) groups is 4. The first-order valence-electron chi connectivity index (χ1n) is 7.56. The van der Waals surface area contributed by atoms with Crippen molar-refractivity contribution in [2.75, 3.05) is 5.32 Å². The highest BCUT2D eigenvalue weighted by atomic mass is 32.2. The van der Waals surface area contributed by atoms with Crippen LogP contribution in [0.5, 0.6) is 5.75 Å². The zero-order valence-electron chi connectivity index (χ0n) is 13.6. The summed E-state index contributed by atoms with van der Waals surface area (Å²) in [5, 5.41) is 22.7. The van der Waals surface area contributed by atoms with Crippen LogP contribution in [0.15, 0.2) is 47.4 Å². The molecule has 1 saturated heterocycles. The highest BCUT2D eigenvalue weighted by Gasteiger charge is 2.24. The first-order chi connectivity index (χ1) is 12.8. The molecule has 2 aromatic rings. The zero-order valence-corrected chi connectivity index (χ0v) is 14.4. The number of rotatable bonds is 4. The number of aromatic carboxylic acids is 1. The second kappa shape index (κ2) is 7.34. The van der Waals surface area contributed by atoms with Gasteiger partial charge in [0, 0.05) is 11.3 Å². The fourth-order valence-electron chi connectivity index (χ4n) is 2.29. The van der Waals surface area contributed by atoms with E-state index in [0.717, 1.165) is 17.8 Å². The summed E-state index contributed by atoms with van der Waals surface area (Å²) in [5.74, 6) is -2.65. The van der Waals surface area contributed by atoms with E-state index in [0.29, 0.717) is 11.1 Å². The number of thioether (sulfide) groups is 1. The molecule has 4 N–H and O–H groups in total. The topological polar surface area (TPSA) is 133 Å². The molecule has 0 unspecified atom stereocenters. The van der Waals surface area contributed by atoms with Gasteiger partial charge in [0.25, 0.3) is 17.1 Å². The Balaban J connectivity index is 1.74. The van der Waals surface area contributed by atoms with Gasteiger partial charge in [-0.25, -0.2) is 4.79 Å². The molecule has 136 valence electrons. The van der Waals surface area contributed by atoms with E-state index in [1.54, 1.807) is 12.1 Å². The summed E-state index contributed by atoms with van der Waals surface area (Å²) in [6.45, 7) is 0. The molecule has 2 aromatic carbocycles. The van der Waals surface area contributed by atoms with Gasteiger partial charge >= 0.3 is 5.97 Å². The van der Waals surface area contributed by atoms with Crippen LogP contribution in [0.4, 0.5) is 10.5 Å². The highest BCUT2D eigenvalue weighted by Crippen LogP contribution is 2.26. The molecule has 0 bridgehead atoms. The molecule has 0 spiro atoms. The summed E-state index contributed by atoms with van der Waals surface area (Å²) in [6, 6.07) is 9.99. The van der Waals surface area contributed by atoms with Gasteiger partial charge < -0.3 is 15.5 Å². The van der Waals surface area contributed by atoms with Gasteiger partial charge in [0.1, 0.15) is 11.3 Å². The van der Waals surface area contributed by atoms with E-state index in [1.807, 2.05) is 0 Å². The van der Waals surface area contributed by atoms with Crippen molar-refractivity contribution in [1.82, 2.24) is 5.32 Å². The smallest absolute Gasteiger partial charge is 0.339 e. The Morgan fingerprint density at radius 2 is 1.78 bits per heavy atom. The maximum absolute atomic E-state index is 12.3. The molecule has 0 radical (unpaired) electrons. The molecule has 1 heterocycles. The Morgan fingerprint density at radius 3 is 2.37 bits per heavy atom. The molecule has 1 fully saturated rings. The summed E-state index contributed by atoms with van der Waals surface area (Å²) in [7, 11) is 0. The van der Waals surface area contributed by atoms with E-state index in [-0.39, 0.29) is 16.2 Å². The Hall–Kier alpha value is -3.59. The van der Waals surface area contributed by atoms with Gasteiger partial charge in [-0.1, -0.05) is 12.1 Å². The Bertz CT molecular complexity index is 997. The molecule has 9 heteroatoms. The first kappa shape index (κ1) is 18.2. The van der Waals surface area contributed by atoms with Crippen molar-refractivity contribution in [3.8, 4) is 5.75 Å². The van der Waals surface area contributed by atoms with E-state index >= 15 is 0 Å². The molecule has 0 aliphatic carbocycles. The fourth-order valence-corrected chi connectivity index (χ4v) is 2.97. The van der Waals surface area contributed by atoms with Crippen LogP contribution in [0.1, 0.15) is 26.3 Å². The number of benzene rings is 2. The molecular formula is C18H12N2O6S. The molecule has 27 heavy (non-hydrogen) atoms. The number of carboxylic acid groups (broad SMARTS) is 1. The second-order valence-electron chi connectivity index (χ2n) is 5.47. The summed E-state index contributed by atoms with van der Waals surface area (Å²) in [6.07, 6.45) is 1.53. The van der Waals surface area contributed by atoms with Crippen molar-refractivity contribution in [2.45, 2.75) is 0 Å². The molecule has 1 aliphatic rings. The predicted molar refractivity (Wildman–Crippen MR) is 98.6 cm³/mol. The van der Waals surface area contributed by atoms with Crippen LogP contribution in [0, 0.1) is 0 Å². The van der Waals surface area contributed by atoms with E-state index in [2.05, 4.69) is 10.6 Å². The molecular weight excluding hydrogens is 372 g/mol. The molecule has 3 amide bonds. The number of phenols is 1. The molecule has 0 aromatic heterocycles. The van der Waals surface area contributed by atoms with E-state index < -0.39 is 28.8 Å². The summed E-state index contributed by atoms with van der Waals surface area (Å²) < 4.78 is 0. The lowest BCUT2D eigenvalue weighted by Crippen LogP contribution is -2.17. The Labute approximate surface area is 156 Å². The van der Waals surface area contributed by atoms with Crippen molar-refractivity contribution < 1.29 is 29.4 Å². The highest BCUT2D eigenvalue weighted by molar-refractivity contribution is 8.18. The van der Waals surface area contributed by atoms with E-state index in [4.69, 9.17) is 5.11 Å². The van der Waals surface area contributed by atoms with Gasteiger partial charge in [0.05, 0.1) is 4.91 Å². The quantitative estimate of drug-likeness (QED) is 0.470. The number of imide groups is 1. The third kappa shape index (κ3) is 4.15. The standard InChI is InChI=1S/C18H12N2O6S/c21-13-6-5-11(8-12(13)17(24)25)19-15(22)10-3-1-9(2-4-10)7-14-16(23)20-18(26)27-14/h1-8,21H,(H,19,22)(H,24,25)(H,20,23,26)/b14-7+. The number of carbonyl (C=O) groups excluding carboxylic acids is 3. The van der Waals surface area contributed by atoms with E-state index in [1.165, 1.54) is 30.3 Å². The minimum absolute atomic E-state index is 0.221. The van der Waals surface area contributed by atoms with E-state index in [9.17, 15) is 24.3 Å². The van der Waals surface area contributed by atoms with Crippen LogP contribution in [0.25, 0.3) is 6.08 Å². The zero-order chi connectivity index (χ0) is 19.6. The van der Waals surface area contributed by atoms with Gasteiger partial charge in [-0.15, -0.1) is 0 Å². The minimum Gasteiger partial charge on any atom is -0.507 e. The number of aromatic hydroxyl groups is 1. The van der Waals surface area contributed by atoms with Gasteiger partial charge in [-0.3, -0.25) is 19.7 Å². The van der Waals surface area contributed by atoms with Gasteiger partial charge in [-0.05, 0) is 53.7 Å².